The van der Waals surface area contributed by atoms with Crippen molar-refractivity contribution in [3.8, 4) is 11.4 Å². The van der Waals surface area contributed by atoms with Gasteiger partial charge in [-0.25, -0.2) is 0 Å². The van der Waals surface area contributed by atoms with Crippen molar-refractivity contribution in [3.63, 3.8) is 0 Å². The lowest BCUT2D eigenvalue weighted by molar-refractivity contribution is -0.137. The maximum atomic E-state index is 13.0. The zero-order valence-electron chi connectivity index (χ0n) is 18.0. The average Bonchev–Trinajstić information content (AvgIpc) is 3.24. The van der Waals surface area contributed by atoms with Gasteiger partial charge in [-0.3, -0.25) is 14.6 Å². The van der Waals surface area contributed by atoms with Gasteiger partial charge in [-0.15, -0.1) is 0 Å². The summed E-state index contributed by atoms with van der Waals surface area (Å²) in [7, 11) is 0. The van der Waals surface area contributed by atoms with Crippen LogP contribution in [0.15, 0.2) is 28.8 Å². The molecule has 31 heavy (non-hydrogen) atoms. The number of nitrogens with zero attached hydrogens (tertiary/aromatic N) is 5. The van der Waals surface area contributed by atoms with Crippen molar-refractivity contribution in [3.05, 3.63) is 35.7 Å². The molecule has 3 rings (SSSR count). The average molecular weight is 439 g/mol. The van der Waals surface area contributed by atoms with E-state index in [1.54, 1.807) is 0 Å². The molecule has 2 heterocycles. The second-order valence-corrected chi connectivity index (χ2v) is 7.59. The summed E-state index contributed by atoms with van der Waals surface area (Å²) in [5, 5.41) is 3.88. The SMILES string of the molecule is CCN(CC)C(=O)CN1CCN(C(C)c2nc(-c3cccc(C(F)(F)F)c3)no2)CC1. The normalized spacial score (nSPS) is 17.0. The van der Waals surface area contributed by atoms with Gasteiger partial charge >= 0.3 is 6.18 Å². The third-order valence-electron chi connectivity index (χ3n) is 5.68. The fourth-order valence-corrected chi connectivity index (χ4v) is 3.69. The first-order valence-corrected chi connectivity index (χ1v) is 10.5. The maximum absolute atomic E-state index is 13.0. The molecule has 0 N–H and O–H groups in total. The predicted octanol–water partition coefficient (Wildman–Crippen LogP) is 3.30. The van der Waals surface area contributed by atoms with Gasteiger partial charge in [-0.1, -0.05) is 17.3 Å². The van der Waals surface area contributed by atoms with Crippen molar-refractivity contribution in [2.45, 2.75) is 33.0 Å². The maximum Gasteiger partial charge on any atom is 0.416 e. The number of hydrogen-bond donors (Lipinski definition) is 0. The van der Waals surface area contributed by atoms with Crippen LogP contribution < -0.4 is 0 Å². The van der Waals surface area contributed by atoms with Crippen LogP contribution in [0.4, 0.5) is 13.2 Å². The Labute approximate surface area is 179 Å². The molecule has 2 aromatic rings. The number of rotatable bonds is 7. The van der Waals surface area contributed by atoms with E-state index in [4.69, 9.17) is 4.52 Å². The van der Waals surface area contributed by atoms with Gasteiger partial charge in [0.05, 0.1) is 18.2 Å². The molecule has 1 aliphatic heterocycles. The van der Waals surface area contributed by atoms with E-state index in [1.165, 1.54) is 12.1 Å². The Balaban J connectivity index is 1.60. The highest BCUT2D eigenvalue weighted by Crippen LogP contribution is 2.32. The van der Waals surface area contributed by atoms with E-state index < -0.39 is 11.7 Å². The molecule has 1 atom stereocenters. The summed E-state index contributed by atoms with van der Waals surface area (Å²) < 4.78 is 44.2. The second-order valence-electron chi connectivity index (χ2n) is 7.59. The summed E-state index contributed by atoms with van der Waals surface area (Å²) in [5.74, 6) is 0.630. The number of carbonyl (C=O) groups excluding carboxylic acids is 1. The van der Waals surface area contributed by atoms with E-state index in [9.17, 15) is 18.0 Å². The van der Waals surface area contributed by atoms with Crippen LogP contribution in [-0.4, -0.2) is 76.6 Å². The number of amides is 1. The summed E-state index contributed by atoms with van der Waals surface area (Å²) >= 11 is 0. The lowest BCUT2D eigenvalue weighted by Gasteiger charge is -2.37. The summed E-state index contributed by atoms with van der Waals surface area (Å²) in [6.07, 6.45) is -4.43. The van der Waals surface area contributed by atoms with E-state index >= 15 is 0 Å². The molecule has 1 aromatic carbocycles. The topological polar surface area (TPSA) is 65.7 Å². The molecule has 0 bridgehead atoms. The van der Waals surface area contributed by atoms with E-state index in [2.05, 4.69) is 19.9 Å². The molecular formula is C21H28F3N5O2. The van der Waals surface area contributed by atoms with Gasteiger partial charge < -0.3 is 9.42 Å². The van der Waals surface area contributed by atoms with Crippen molar-refractivity contribution in [2.24, 2.45) is 0 Å². The monoisotopic (exact) mass is 439 g/mol. The Morgan fingerprint density at radius 3 is 2.48 bits per heavy atom. The summed E-state index contributed by atoms with van der Waals surface area (Å²) in [6, 6.07) is 4.71. The third-order valence-corrected chi connectivity index (χ3v) is 5.68. The number of halogens is 3. The van der Waals surface area contributed by atoms with Crippen LogP contribution in [0.5, 0.6) is 0 Å². The lowest BCUT2D eigenvalue weighted by Crippen LogP contribution is -2.50. The lowest BCUT2D eigenvalue weighted by atomic mass is 10.1. The van der Waals surface area contributed by atoms with E-state index in [1.807, 2.05) is 25.7 Å². The zero-order chi connectivity index (χ0) is 22.6. The Bertz CT molecular complexity index is 874. The molecule has 10 heteroatoms. The molecule has 7 nitrogen and oxygen atoms in total. The van der Waals surface area contributed by atoms with Crippen molar-refractivity contribution in [1.82, 2.24) is 24.8 Å². The zero-order valence-corrected chi connectivity index (χ0v) is 18.0. The van der Waals surface area contributed by atoms with Crippen LogP contribution >= 0.6 is 0 Å². The standard InChI is InChI=1S/C21H28F3N5O2/c1-4-28(5-2)18(30)14-27-9-11-29(12-10-27)15(3)20-25-19(26-31-20)16-7-6-8-17(13-16)21(22,23)24/h6-8,13,15H,4-5,9-12,14H2,1-3H3. The quantitative estimate of drug-likeness (QED) is 0.660. The van der Waals surface area contributed by atoms with Crippen molar-refractivity contribution >= 4 is 5.91 Å². The van der Waals surface area contributed by atoms with E-state index in [-0.39, 0.29) is 23.3 Å². The number of alkyl halides is 3. The highest BCUT2D eigenvalue weighted by atomic mass is 19.4. The van der Waals surface area contributed by atoms with Gasteiger partial charge in [-0.2, -0.15) is 18.2 Å². The molecule has 1 amide bonds. The first-order chi connectivity index (χ1) is 14.7. The van der Waals surface area contributed by atoms with Gasteiger partial charge in [0, 0.05) is 44.8 Å². The minimum Gasteiger partial charge on any atom is -0.342 e. The first kappa shape index (κ1) is 23.2. The highest BCUT2D eigenvalue weighted by molar-refractivity contribution is 5.78. The minimum atomic E-state index is -4.43. The Kier molecular flexibility index (Phi) is 7.32. The molecule has 0 aliphatic carbocycles. The van der Waals surface area contributed by atoms with Gasteiger partial charge in [-0.05, 0) is 32.9 Å². The Morgan fingerprint density at radius 2 is 1.87 bits per heavy atom. The molecule has 1 saturated heterocycles. The number of aromatic nitrogens is 2. The molecule has 1 fully saturated rings. The van der Waals surface area contributed by atoms with Crippen molar-refractivity contribution < 1.29 is 22.5 Å². The molecule has 0 spiro atoms. The Morgan fingerprint density at radius 1 is 1.19 bits per heavy atom. The molecule has 1 aliphatic rings. The summed E-state index contributed by atoms with van der Waals surface area (Å²) in [6.45, 7) is 10.6. The first-order valence-electron chi connectivity index (χ1n) is 10.5. The third kappa shape index (κ3) is 5.62. The second kappa shape index (κ2) is 9.78. The number of benzene rings is 1. The molecule has 0 saturated carbocycles. The van der Waals surface area contributed by atoms with Crippen LogP contribution in [0.1, 0.15) is 38.3 Å². The van der Waals surface area contributed by atoms with Gasteiger partial charge in [0.25, 0.3) is 0 Å². The van der Waals surface area contributed by atoms with Crippen molar-refractivity contribution in [2.75, 3.05) is 45.8 Å². The van der Waals surface area contributed by atoms with Crippen molar-refractivity contribution in [1.29, 1.82) is 0 Å². The van der Waals surface area contributed by atoms with Gasteiger partial charge in [0.15, 0.2) is 0 Å². The number of carbonyl (C=O) groups is 1. The number of hydrogen-bond acceptors (Lipinski definition) is 6. The van der Waals surface area contributed by atoms with Crippen LogP contribution in [0.2, 0.25) is 0 Å². The van der Waals surface area contributed by atoms with Gasteiger partial charge in [0.2, 0.25) is 17.6 Å². The largest absolute Gasteiger partial charge is 0.416 e. The summed E-state index contributed by atoms with van der Waals surface area (Å²) in [4.78, 5) is 22.8. The molecule has 0 radical (unpaired) electrons. The summed E-state index contributed by atoms with van der Waals surface area (Å²) in [5.41, 5.74) is -0.489. The smallest absolute Gasteiger partial charge is 0.342 e. The van der Waals surface area contributed by atoms with Crippen LogP contribution in [0.3, 0.4) is 0 Å². The fraction of sp³-hybridized carbons (Fsp3) is 0.571. The van der Waals surface area contributed by atoms with Gasteiger partial charge in [0.1, 0.15) is 0 Å². The predicted molar refractivity (Wildman–Crippen MR) is 109 cm³/mol. The van der Waals surface area contributed by atoms with Crippen LogP contribution in [0.25, 0.3) is 11.4 Å². The molecule has 1 unspecified atom stereocenters. The molecule has 170 valence electrons. The number of piperazine rings is 1. The van der Waals surface area contributed by atoms with Crippen LogP contribution in [-0.2, 0) is 11.0 Å². The fourth-order valence-electron chi connectivity index (χ4n) is 3.69. The minimum absolute atomic E-state index is 0.133. The Hall–Kier alpha value is -2.46. The van der Waals surface area contributed by atoms with E-state index in [0.29, 0.717) is 25.5 Å². The highest BCUT2D eigenvalue weighted by Gasteiger charge is 2.31. The van der Waals surface area contributed by atoms with E-state index in [0.717, 1.165) is 38.3 Å². The molecular weight excluding hydrogens is 411 g/mol. The van der Waals surface area contributed by atoms with Crippen LogP contribution in [0, 0.1) is 0 Å². The molecule has 1 aromatic heterocycles. The number of likely N-dealkylation sites (N-methyl/N-ethyl adjacent to an activating group) is 1.